The van der Waals surface area contributed by atoms with E-state index in [1.54, 1.807) is 0 Å². The van der Waals surface area contributed by atoms with Gasteiger partial charge in [0.2, 0.25) is 15.9 Å². The van der Waals surface area contributed by atoms with Crippen molar-refractivity contribution in [3.63, 3.8) is 0 Å². The van der Waals surface area contributed by atoms with Crippen LogP contribution in [-0.2, 0) is 19.6 Å². The molecule has 3 aromatic rings. The third-order valence-corrected chi connectivity index (χ3v) is 8.00. The molecule has 1 aliphatic heterocycles. The summed E-state index contributed by atoms with van der Waals surface area (Å²) in [5.74, 6) is -3.20. The number of sulfonamides is 1. The highest BCUT2D eigenvalue weighted by Gasteiger charge is 2.38. The topological polar surface area (TPSA) is 148 Å². The molecule has 3 aromatic carbocycles. The Morgan fingerprint density at radius 1 is 0.952 bits per heavy atom. The minimum Gasteiger partial charge on any atom is -0.475 e. The predicted octanol–water partition coefficient (Wildman–Crippen LogP) is 3.40. The zero-order valence-electron chi connectivity index (χ0n) is 22.2. The number of hydrogen-bond donors (Lipinski definition) is 4. The van der Waals surface area contributed by atoms with Gasteiger partial charge in [0.1, 0.15) is 0 Å². The molecule has 0 aromatic heterocycles. The fourth-order valence-corrected chi connectivity index (χ4v) is 5.62. The maximum absolute atomic E-state index is 13.1. The van der Waals surface area contributed by atoms with E-state index < -0.39 is 28.2 Å². The van der Waals surface area contributed by atoms with E-state index in [1.165, 1.54) is 24.3 Å². The van der Waals surface area contributed by atoms with Gasteiger partial charge in [-0.05, 0) is 41.8 Å². The first kappa shape index (κ1) is 32.3. The lowest BCUT2D eigenvalue weighted by molar-refractivity contribution is -0.192. The van der Waals surface area contributed by atoms with E-state index in [4.69, 9.17) is 15.2 Å². The highest BCUT2D eigenvalue weighted by atomic mass is 32.2. The number of nitrogens with zero attached hydrogens (tertiary/aromatic N) is 1. The van der Waals surface area contributed by atoms with Crippen molar-refractivity contribution in [2.24, 2.45) is 5.92 Å². The van der Waals surface area contributed by atoms with E-state index in [0.717, 1.165) is 11.1 Å². The second kappa shape index (κ2) is 14.6. The Bertz CT molecular complexity index is 1440. The van der Waals surface area contributed by atoms with Crippen molar-refractivity contribution in [2.45, 2.75) is 29.5 Å². The Morgan fingerprint density at radius 2 is 1.48 bits per heavy atom. The second-order valence-corrected chi connectivity index (χ2v) is 11.2. The molecule has 4 N–H and O–H groups in total. The Labute approximate surface area is 241 Å². The van der Waals surface area contributed by atoms with Crippen molar-refractivity contribution in [1.29, 1.82) is 5.26 Å². The summed E-state index contributed by atoms with van der Waals surface area (Å²) in [6.07, 6.45) is -4.68. The fourth-order valence-electron chi connectivity index (χ4n) is 4.37. The summed E-state index contributed by atoms with van der Waals surface area (Å²) >= 11 is 0. The SMILES string of the molecule is N#Cc1ccc(S(=O)(=O)N[C@H]2CNC[C@@H](C(=O)NCC(c3ccccc3)c3ccccc3)C2)cc1.O=C(O)C(F)(F)F. The predicted molar refractivity (Wildman–Crippen MR) is 148 cm³/mol. The van der Waals surface area contributed by atoms with Crippen LogP contribution in [0.25, 0.3) is 0 Å². The van der Waals surface area contributed by atoms with Crippen LogP contribution in [0.2, 0.25) is 0 Å². The average Bonchev–Trinajstić information content (AvgIpc) is 2.98. The summed E-state index contributed by atoms with van der Waals surface area (Å²) in [5, 5.41) is 22.3. The number of carboxylic acids is 1. The average molecular weight is 603 g/mol. The first-order valence-corrected chi connectivity index (χ1v) is 14.3. The zero-order valence-corrected chi connectivity index (χ0v) is 23.0. The fraction of sp³-hybridized carbons (Fsp3) is 0.276. The zero-order chi connectivity index (χ0) is 30.8. The van der Waals surface area contributed by atoms with Gasteiger partial charge in [-0.1, -0.05) is 60.7 Å². The number of carboxylic acid groups (broad SMARTS) is 1. The molecule has 1 aliphatic rings. The highest BCUT2D eigenvalue weighted by molar-refractivity contribution is 7.89. The normalized spacial score (nSPS) is 16.9. The van der Waals surface area contributed by atoms with E-state index in [1.807, 2.05) is 42.5 Å². The Kier molecular flexibility index (Phi) is 11.2. The molecule has 0 bridgehead atoms. The lowest BCUT2D eigenvalue weighted by Gasteiger charge is -2.30. The number of nitriles is 1. The van der Waals surface area contributed by atoms with Crippen molar-refractivity contribution < 1.29 is 36.3 Å². The van der Waals surface area contributed by atoms with Gasteiger partial charge in [-0.15, -0.1) is 0 Å². The van der Waals surface area contributed by atoms with Gasteiger partial charge in [-0.25, -0.2) is 17.9 Å². The number of carbonyl (C=O) groups excluding carboxylic acids is 1. The lowest BCUT2D eigenvalue weighted by Crippen LogP contribution is -2.52. The molecule has 222 valence electrons. The standard InChI is InChI=1S/C27H28N4O3S.C2HF3O2/c28-16-20-11-13-25(14-12-20)35(33,34)31-24-15-23(17-29-18-24)27(32)30-19-26(21-7-3-1-4-8-21)22-9-5-2-6-10-22;3-2(4,5)1(6)7/h1-14,23-24,26,29,31H,15,17-19H2,(H,30,32);(H,6,7)/t23-,24+;/m0./s1. The van der Waals surface area contributed by atoms with Gasteiger partial charge in [-0.3, -0.25) is 4.79 Å². The molecular weight excluding hydrogens is 573 g/mol. The van der Waals surface area contributed by atoms with Crippen LogP contribution in [0.4, 0.5) is 13.2 Å². The van der Waals surface area contributed by atoms with Crippen LogP contribution in [0.1, 0.15) is 29.0 Å². The van der Waals surface area contributed by atoms with Crippen molar-refractivity contribution >= 4 is 21.9 Å². The van der Waals surface area contributed by atoms with Crippen molar-refractivity contribution in [1.82, 2.24) is 15.4 Å². The minimum atomic E-state index is -5.08. The lowest BCUT2D eigenvalue weighted by atomic mass is 9.90. The molecular formula is C29H29F3N4O5S. The van der Waals surface area contributed by atoms with Crippen LogP contribution >= 0.6 is 0 Å². The van der Waals surface area contributed by atoms with Gasteiger partial charge < -0.3 is 15.7 Å². The smallest absolute Gasteiger partial charge is 0.475 e. The Morgan fingerprint density at radius 3 is 1.95 bits per heavy atom. The van der Waals surface area contributed by atoms with Crippen molar-refractivity contribution in [3.05, 3.63) is 102 Å². The molecule has 0 radical (unpaired) electrons. The van der Waals surface area contributed by atoms with Crippen molar-refractivity contribution in [3.8, 4) is 6.07 Å². The number of amides is 1. The van der Waals surface area contributed by atoms with E-state index in [2.05, 4.69) is 39.6 Å². The largest absolute Gasteiger partial charge is 0.490 e. The van der Waals surface area contributed by atoms with Gasteiger partial charge in [0, 0.05) is 31.6 Å². The summed E-state index contributed by atoms with van der Waals surface area (Å²) < 4.78 is 60.0. The summed E-state index contributed by atoms with van der Waals surface area (Å²) in [6.45, 7) is 1.38. The van der Waals surface area contributed by atoms with E-state index in [9.17, 15) is 26.4 Å². The highest BCUT2D eigenvalue weighted by Crippen LogP contribution is 2.24. The molecule has 0 aliphatic carbocycles. The summed E-state index contributed by atoms with van der Waals surface area (Å²) in [7, 11) is -3.76. The number of benzene rings is 3. The molecule has 0 saturated carbocycles. The van der Waals surface area contributed by atoms with Crippen LogP contribution in [0.15, 0.2) is 89.8 Å². The molecule has 42 heavy (non-hydrogen) atoms. The van der Waals surface area contributed by atoms with Gasteiger partial charge in [0.15, 0.2) is 0 Å². The minimum absolute atomic E-state index is 0.0172. The number of alkyl halides is 3. The quantitative estimate of drug-likeness (QED) is 0.309. The maximum Gasteiger partial charge on any atom is 0.490 e. The molecule has 0 unspecified atom stereocenters. The summed E-state index contributed by atoms with van der Waals surface area (Å²) in [6, 6.07) is 27.4. The van der Waals surface area contributed by atoms with Crippen LogP contribution in [0.3, 0.4) is 0 Å². The number of rotatable bonds is 8. The molecule has 1 amide bonds. The van der Waals surface area contributed by atoms with Crippen LogP contribution in [0, 0.1) is 17.2 Å². The maximum atomic E-state index is 13.1. The molecule has 13 heteroatoms. The van der Waals surface area contributed by atoms with Crippen LogP contribution < -0.4 is 15.4 Å². The molecule has 0 spiro atoms. The molecule has 1 heterocycles. The molecule has 2 atom stereocenters. The molecule has 1 fully saturated rings. The number of nitrogens with one attached hydrogen (secondary N) is 3. The van der Waals surface area contributed by atoms with Gasteiger partial charge in [0.25, 0.3) is 0 Å². The number of aliphatic carboxylic acids is 1. The van der Waals surface area contributed by atoms with E-state index in [0.29, 0.717) is 31.6 Å². The summed E-state index contributed by atoms with van der Waals surface area (Å²) in [4.78, 5) is 22.0. The first-order valence-electron chi connectivity index (χ1n) is 12.8. The third kappa shape index (κ3) is 9.41. The molecule has 1 saturated heterocycles. The van der Waals surface area contributed by atoms with Gasteiger partial charge >= 0.3 is 12.1 Å². The second-order valence-electron chi connectivity index (χ2n) is 9.47. The van der Waals surface area contributed by atoms with E-state index in [-0.39, 0.29) is 22.6 Å². The Balaban J connectivity index is 0.000000616. The molecule has 4 rings (SSSR count). The van der Waals surface area contributed by atoms with E-state index >= 15 is 0 Å². The van der Waals surface area contributed by atoms with Crippen molar-refractivity contribution in [2.75, 3.05) is 19.6 Å². The van der Waals surface area contributed by atoms with Gasteiger partial charge in [-0.2, -0.15) is 18.4 Å². The molecule has 9 nitrogen and oxygen atoms in total. The monoisotopic (exact) mass is 602 g/mol. The summed E-state index contributed by atoms with van der Waals surface area (Å²) in [5.41, 5.74) is 2.63. The number of piperidine rings is 1. The third-order valence-electron chi connectivity index (χ3n) is 6.46. The van der Waals surface area contributed by atoms with Gasteiger partial charge in [0.05, 0.1) is 22.4 Å². The van der Waals surface area contributed by atoms with Crippen LogP contribution in [0.5, 0.6) is 0 Å². The van der Waals surface area contributed by atoms with Crippen LogP contribution in [-0.4, -0.2) is 57.3 Å². The Hall–Kier alpha value is -4.25. The number of halogens is 3. The number of hydrogen-bond acceptors (Lipinski definition) is 6. The first-order chi connectivity index (χ1) is 19.9. The number of carbonyl (C=O) groups is 2.